The van der Waals surface area contributed by atoms with Gasteiger partial charge < -0.3 is 9.64 Å². The van der Waals surface area contributed by atoms with Crippen LogP contribution in [0, 0.1) is 17.8 Å². The number of carbonyl (C=O) groups is 2. The number of carbonyl (C=O) groups excluding carboxylic acids is 2. The van der Waals surface area contributed by atoms with Gasteiger partial charge >= 0.3 is 5.97 Å². The topological polar surface area (TPSA) is 46.6 Å². The van der Waals surface area contributed by atoms with Gasteiger partial charge in [0.05, 0.1) is 6.04 Å². The molecule has 5 unspecified atom stereocenters. The summed E-state index contributed by atoms with van der Waals surface area (Å²) in [5.41, 5.74) is 0. The smallest absolute Gasteiger partial charge is 0.316 e. The SMILES string of the molecule is CC(C)N1C(=O)C2CC3CC2C1C3OC(=O)CBr. The van der Waals surface area contributed by atoms with Gasteiger partial charge in [-0.2, -0.15) is 0 Å². The van der Waals surface area contributed by atoms with Gasteiger partial charge in [0.15, 0.2) is 0 Å². The Morgan fingerprint density at radius 3 is 2.83 bits per heavy atom. The number of hydrogen-bond acceptors (Lipinski definition) is 3. The fourth-order valence-electron chi connectivity index (χ4n) is 4.21. The van der Waals surface area contributed by atoms with Crippen LogP contribution in [0.25, 0.3) is 0 Å². The third-order valence-corrected chi connectivity index (χ3v) is 5.17. The van der Waals surface area contributed by atoms with Crippen LogP contribution in [0.4, 0.5) is 0 Å². The van der Waals surface area contributed by atoms with Crippen molar-refractivity contribution in [3.8, 4) is 0 Å². The predicted octanol–water partition coefficient (Wildman–Crippen LogP) is 1.57. The Labute approximate surface area is 115 Å². The number of rotatable bonds is 3. The molecular formula is C13H18BrNO3. The molecule has 1 heterocycles. The predicted molar refractivity (Wildman–Crippen MR) is 69.1 cm³/mol. The molecule has 1 aliphatic heterocycles. The lowest BCUT2D eigenvalue weighted by Gasteiger charge is -2.33. The fraction of sp³-hybridized carbons (Fsp3) is 0.846. The lowest BCUT2D eigenvalue weighted by atomic mass is 9.87. The maximum absolute atomic E-state index is 12.3. The van der Waals surface area contributed by atoms with Gasteiger partial charge in [-0.05, 0) is 38.5 Å². The number of likely N-dealkylation sites (tertiary alicyclic amines) is 1. The average Bonchev–Trinajstić information content (AvgIpc) is 2.92. The van der Waals surface area contributed by atoms with Crippen LogP contribution >= 0.6 is 15.9 Å². The molecule has 3 aliphatic rings. The Morgan fingerprint density at radius 2 is 2.22 bits per heavy atom. The van der Waals surface area contributed by atoms with Gasteiger partial charge in [-0.25, -0.2) is 0 Å². The summed E-state index contributed by atoms with van der Waals surface area (Å²) in [4.78, 5) is 25.8. The minimum atomic E-state index is -0.216. The van der Waals surface area contributed by atoms with Crippen molar-refractivity contribution < 1.29 is 14.3 Å². The van der Waals surface area contributed by atoms with Crippen molar-refractivity contribution in [2.24, 2.45) is 17.8 Å². The van der Waals surface area contributed by atoms with E-state index in [-0.39, 0.29) is 41.3 Å². The second-order valence-corrected chi connectivity index (χ2v) is 6.48. The fourth-order valence-corrected chi connectivity index (χ4v) is 4.35. The standard InChI is InChI=1S/C13H18BrNO3/c1-6(2)15-11-8-3-7(4-9(8)13(15)17)12(11)18-10(16)5-14/h6-9,11-12H,3-5H2,1-2H3. The van der Waals surface area contributed by atoms with Crippen molar-refractivity contribution in [3.05, 3.63) is 0 Å². The normalized spacial score (nSPS) is 41.0. The average molecular weight is 316 g/mol. The zero-order chi connectivity index (χ0) is 13.0. The first kappa shape index (κ1) is 12.5. The molecule has 4 nitrogen and oxygen atoms in total. The molecule has 0 aromatic rings. The van der Waals surface area contributed by atoms with Crippen LogP contribution in [0.15, 0.2) is 0 Å². The van der Waals surface area contributed by atoms with Crippen LogP contribution in [0.2, 0.25) is 0 Å². The third-order valence-electron chi connectivity index (χ3n) is 4.71. The zero-order valence-electron chi connectivity index (χ0n) is 10.6. The minimum absolute atomic E-state index is 0.0786. The van der Waals surface area contributed by atoms with Crippen molar-refractivity contribution in [2.75, 3.05) is 5.33 Å². The third kappa shape index (κ3) is 1.55. The molecule has 0 aromatic carbocycles. The molecule has 18 heavy (non-hydrogen) atoms. The summed E-state index contributed by atoms with van der Waals surface area (Å²) >= 11 is 3.13. The van der Waals surface area contributed by atoms with E-state index < -0.39 is 0 Å². The molecule has 2 bridgehead atoms. The van der Waals surface area contributed by atoms with Gasteiger partial charge in [0.1, 0.15) is 11.4 Å². The summed E-state index contributed by atoms with van der Waals surface area (Å²) in [5.74, 6) is 1.06. The molecule has 2 aliphatic carbocycles. The van der Waals surface area contributed by atoms with E-state index >= 15 is 0 Å². The van der Waals surface area contributed by atoms with Crippen LogP contribution in [-0.4, -0.2) is 40.3 Å². The summed E-state index contributed by atoms with van der Waals surface area (Å²) in [5, 5.41) is 0.229. The Bertz CT molecular complexity index is 398. The molecule has 0 spiro atoms. The Morgan fingerprint density at radius 1 is 1.50 bits per heavy atom. The van der Waals surface area contributed by atoms with Crippen molar-refractivity contribution in [1.82, 2.24) is 4.90 Å². The molecule has 5 atom stereocenters. The highest BCUT2D eigenvalue weighted by atomic mass is 79.9. The van der Waals surface area contributed by atoms with Crippen LogP contribution in [0.5, 0.6) is 0 Å². The summed E-state index contributed by atoms with van der Waals surface area (Å²) in [6.07, 6.45) is 1.87. The lowest BCUT2D eigenvalue weighted by Crippen LogP contribution is -2.47. The number of fused-ring (bicyclic) bond motifs is 1. The van der Waals surface area contributed by atoms with Gasteiger partial charge in [-0.1, -0.05) is 15.9 Å². The largest absolute Gasteiger partial charge is 0.459 e. The summed E-state index contributed by atoms with van der Waals surface area (Å²) < 4.78 is 5.57. The highest BCUT2D eigenvalue weighted by Crippen LogP contribution is 2.56. The quantitative estimate of drug-likeness (QED) is 0.586. The van der Waals surface area contributed by atoms with Crippen molar-refractivity contribution in [3.63, 3.8) is 0 Å². The van der Waals surface area contributed by atoms with Crippen LogP contribution < -0.4 is 0 Å². The first-order valence-electron chi connectivity index (χ1n) is 6.62. The number of esters is 1. The van der Waals surface area contributed by atoms with Gasteiger partial charge in [0.2, 0.25) is 5.91 Å². The van der Waals surface area contributed by atoms with E-state index in [1.54, 1.807) is 0 Å². The number of halogens is 1. The zero-order valence-corrected chi connectivity index (χ0v) is 12.2. The van der Waals surface area contributed by atoms with E-state index in [1.165, 1.54) is 0 Å². The second-order valence-electron chi connectivity index (χ2n) is 5.92. The van der Waals surface area contributed by atoms with E-state index in [0.717, 1.165) is 12.8 Å². The summed E-state index contributed by atoms with van der Waals surface area (Å²) in [6, 6.07) is 0.321. The van der Waals surface area contributed by atoms with Crippen molar-refractivity contribution in [2.45, 2.75) is 44.9 Å². The van der Waals surface area contributed by atoms with Gasteiger partial charge in [-0.3, -0.25) is 9.59 Å². The maximum atomic E-state index is 12.3. The molecule has 1 saturated heterocycles. The molecular weight excluding hydrogens is 298 g/mol. The molecule has 100 valence electrons. The molecule has 0 N–H and O–H groups in total. The maximum Gasteiger partial charge on any atom is 0.316 e. The molecule has 1 amide bonds. The number of hydrogen-bond donors (Lipinski definition) is 0. The van der Waals surface area contributed by atoms with Gasteiger partial charge in [0.25, 0.3) is 0 Å². The van der Waals surface area contributed by atoms with E-state index in [1.807, 2.05) is 18.7 Å². The molecule has 3 fully saturated rings. The number of nitrogens with zero attached hydrogens (tertiary/aromatic N) is 1. The summed E-state index contributed by atoms with van der Waals surface area (Å²) in [7, 11) is 0. The lowest BCUT2D eigenvalue weighted by molar-refractivity contribution is -0.152. The first-order valence-corrected chi connectivity index (χ1v) is 7.74. The van der Waals surface area contributed by atoms with Crippen molar-refractivity contribution in [1.29, 1.82) is 0 Å². The molecule has 3 rings (SSSR count). The van der Waals surface area contributed by atoms with Crippen LogP contribution in [0.1, 0.15) is 26.7 Å². The second kappa shape index (κ2) is 4.22. The Hall–Kier alpha value is -0.580. The Kier molecular flexibility index (Phi) is 2.92. The molecule has 5 heteroatoms. The Balaban J connectivity index is 1.86. The first-order chi connectivity index (χ1) is 8.54. The number of ether oxygens (including phenoxy) is 1. The van der Waals surface area contributed by atoms with Gasteiger partial charge in [-0.15, -0.1) is 0 Å². The van der Waals surface area contributed by atoms with Crippen LogP contribution in [0.3, 0.4) is 0 Å². The molecule has 0 aromatic heterocycles. The van der Waals surface area contributed by atoms with E-state index in [9.17, 15) is 9.59 Å². The summed E-state index contributed by atoms with van der Waals surface area (Å²) in [6.45, 7) is 4.08. The molecule has 0 radical (unpaired) electrons. The van der Waals surface area contributed by atoms with Crippen LogP contribution in [-0.2, 0) is 14.3 Å². The van der Waals surface area contributed by atoms with E-state index in [2.05, 4.69) is 15.9 Å². The number of amides is 1. The highest BCUT2D eigenvalue weighted by molar-refractivity contribution is 9.09. The number of alkyl halides is 1. The van der Waals surface area contributed by atoms with E-state index in [4.69, 9.17) is 4.74 Å². The van der Waals surface area contributed by atoms with Gasteiger partial charge in [0, 0.05) is 12.0 Å². The monoisotopic (exact) mass is 315 g/mol. The minimum Gasteiger partial charge on any atom is -0.459 e. The molecule has 2 saturated carbocycles. The highest BCUT2D eigenvalue weighted by Gasteiger charge is 2.64. The van der Waals surface area contributed by atoms with E-state index in [0.29, 0.717) is 11.8 Å². The van der Waals surface area contributed by atoms with Crippen molar-refractivity contribution >= 4 is 27.8 Å².